The van der Waals surface area contributed by atoms with Gasteiger partial charge < -0.3 is 16.2 Å². The number of terminal acetylenes is 1. The van der Waals surface area contributed by atoms with E-state index in [1.165, 1.54) is 6.92 Å². The van der Waals surface area contributed by atoms with Crippen molar-refractivity contribution >= 4 is 11.9 Å². The van der Waals surface area contributed by atoms with Gasteiger partial charge in [0, 0.05) is 6.42 Å². The van der Waals surface area contributed by atoms with Crippen molar-refractivity contribution in [2.24, 2.45) is 5.73 Å². The summed E-state index contributed by atoms with van der Waals surface area (Å²) < 4.78 is 0. The first kappa shape index (κ1) is 13.5. The van der Waals surface area contributed by atoms with Gasteiger partial charge in [-0.1, -0.05) is 6.92 Å². The monoisotopic (exact) mass is 212 g/mol. The van der Waals surface area contributed by atoms with E-state index < -0.39 is 23.5 Å². The van der Waals surface area contributed by atoms with E-state index in [1.807, 2.05) is 0 Å². The quantitative estimate of drug-likeness (QED) is 0.546. The van der Waals surface area contributed by atoms with Crippen LogP contribution >= 0.6 is 0 Å². The molecular weight excluding hydrogens is 196 g/mol. The highest BCUT2D eigenvalue weighted by Crippen LogP contribution is 2.09. The van der Waals surface area contributed by atoms with Crippen LogP contribution in [-0.4, -0.2) is 28.6 Å². The molecule has 0 aliphatic heterocycles. The number of amides is 1. The molecule has 0 aromatic heterocycles. The molecule has 4 N–H and O–H groups in total. The minimum atomic E-state index is -1.29. The van der Waals surface area contributed by atoms with E-state index >= 15 is 0 Å². The van der Waals surface area contributed by atoms with Crippen LogP contribution in [0.1, 0.15) is 26.7 Å². The van der Waals surface area contributed by atoms with Gasteiger partial charge in [0.2, 0.25) is 5.91 Å². The number of carboxylic acid groups (broad SMARTS) is 1. The Balaban J connectivity index is 4.51. The van der Waals surface area contributed by atoms with Gasteiger partial charge in [0.05, 0.1) is 6.04 Å². The van der Waals surface area contributed by atoms with Gasteiger partial charge in [0.25, 0.3) is 0 Å². The zero-order chi connectivity index (χ0) is 12.1. The number of nitrogens with one attached hydrogen (secondary N) is 1. The summed E-state index contributed by atoms with van der Waals surface area (Å²) in [6, 6.07) is -0.861. The molecule has 84 valence electrons. The highest BCUT2D eigenvalue weighted by Gasteiger charge is 2.33. The van der Waals surface area contributed by atoms with Gasteiger partial charge in [-0.15, -0.1) is 12.3 Å². The molecular formula is C10H16N2O3. The number of carbonyl (C=O) groups is 2. The number of nitrogens with two attached hydrogens (primary N) is 1. The molecule has 0 aromatic carbocycles. The molecule has 0 aliphatic carbocycles. The van der Waals surface area contributed by atoms with E-state index in [4.69, 9.17) is 17.3 Å². The average Bonchev–Trinajstić information content (AvgIpc) is 2.17. The molecule has 0 heterocycles. The largest absolute Gasteiger partial charge is 0.480 e. The number of aliphatic carboxylic acids is 1. The van der Waals surface area contributed by atoms with Crippen LogP contribution in [0.3, 0.4) is 0 Å². The van der Waals surface area contributed by atoms with Crippen molar-refractivity contribution < 1.29 is 14.7 Å². The van der Waals surface area contributed by atoms with Gasteiger partial charge in [0.1, 0.15) is 5.54 Å². The minimum Gasteiger partial charge on any atom is -0.480 e. The first-order valence-corrected chi connectivity index (χ1v) is 4.62. The third kappa shape index (κ3) is 3.60. The maximum atomic E-state index is 11.4. The van der Waals surface area contributed by atoms with Crippen molar-refractivity contribution in [1.29, 1.82) is 0 Å². The Kier molecular flexibility index (Phi) is 4.82. The van der Waals surface area contributed by atoms with Crippen LogP contribution < -0.4 is 11.1 Å². The maximum absolute atomic E-state index is 11.4. The average molecular weight is 212 g/mol. The molecule has 0 saturated heterocycles. The summed E-state index contributed by atoms with van der Waals surface area (Å²) in [4.78, 5) is 22.3. The molecule has 2 unspecified atom stereocenters. The fraction of sp³-hybridized carbons (Fsp3) is 0.600. The van der Waals surface area contributed by atoms with Gasteiger partial charge in [-0.3, -0.25) is 4.79 Å². The number of carboxylic acids is 1. The van der Waals surface area contributed by atoms with Crippen LogP contribution in [0.4, 0.5) is 0 Å². The molecule has 0 radical (unpaired) electrons. The Bertz CT molecular complexity index is 296. The highest BCUT2D eigenvalue weighted by molar-refractivity contribution is 5.89. The number of hydrogen-bond acceptors (Lipinski definition) is 3. The zero-order valence-electron chi connectivity index (χ0n) is 8.91. The first-order valence-electron chi connectivity index (χ1n) is 4.62. The third-order valence-electron chi connectivity index (χ3n) is 2.25. The molecule has 0 rings (SSSR count). The van der Waals surface area contributed by atoms with Gasteiger partial charge >= 0.3 is 5.97 Å². The van der Waals surface area contributed by atoms with Gasteiger partial charge in [0.15, 0.2) is 0 Å². The Morgan fingerprint density at radius 2 is 2.20 bits per heavy atom. The predicted molar refractivity (Wildman–Crippen MR) is 55.9 cm³/mol. The molecule has 1 amide bonds. The molecule has 5 heteroatoms. The van der Waals surface area contributed by atoms with Crippen LogP contribution in [0.15, 0.2) is 0 Å². The molecule has 0 fully saturated rings. The number of carbonyl (C=O) groups excluding carboxylic acids is 1. The lowest BCUT2D eigenvalue weighted by molar-refractivity contribution is -0.147. The van der Waals surface area contributed by atoms with Crippen molar-refractivity contribution in [3.8, 4) is 12.3 Å². The van der Waals surface area contributed by atoms with Crippen molar-refractivity contribution in [3.05, 3.63) is 0 Å². The van der Waals surface area contributed by atoms with E-state index in [9.17, 15) is 9.59 Å². The fourth-order valence-electron chi connectivity index (χ4n) is 0.877. The molecule has 0 saturated carbocycles. The summed E-state index contributed by atoms with van der Waals surface area (Å²) in [5.41, 5.74) is 4.15. The standard InChI is InChI=1S/C10H16N2O3/c1-4-6-7(11)8(13)12-10(3,5-2)9(14)15/h1,7H,5-6,11H2,2-3H3,(H,12,13)(H,14,15). The van der Waals surface area contributed by atoms with E-state index in [2.05, 4.69) is 11.2 Å². The van der Waals surface area contributed by atoms with Crippen LogP contribution in [0.25, 0.3) is 0 Å². The lowest BCUT2D eigenvalue weighted by Crippen LogP contribution is -2.56. The summed E-state index contributed by atoms with van der Waals surface area (Å²) in [5, 5.41) is 11.3. The normalized spacial score (nSPS) is 15.9. The van der Waals surface area contributed by atoms with Crippen molar-refractivity contribution in [2.75, 3.05) is 0 Å². The smallest absolute Gasteiger partial charge is 0.329 e. The third-order valence-corrected chi connectivity index (χ3v) is 2.25. The molecule has 0 bridgehead atoms. The van der Waals surface area contributed by atoms with E-state index in [-0.39, 0.29) is 12.8 Å². The van der Waals surface area contributed by atoms with Gasteiger partial charge in [-0.2, -0.15) is 0 Å². The second kappa shape index (κ2) is 5.37. The molecule has 2 atom stereocenters. The molecule has 0 aliphatic rings. The Hall–Kier alpha value is -1.54. The molecule has 5 nitrogen and oxygen atoms in total. The lowest BCUT2D eigenvalue weighted by Gasteiger charge is -2.25. The topological polar surface area (TPSA) is 92.4 Å². The van der Waals surface area contributed by atoms with Crippen LogP contribution in [-0.2, 0) is 9.59 Å². The van der Waals surface area contributed by atoms with Crippen molar-refractivity contribution in [3.63, 3.8) is 0 Å². The molecule has 0 spiro atoms. The van der Waals surface area contributed by atoms with E-state index in [0.29, 0.717) is 0 Å². The number of hydrogen-bond donors (Lipinski definition) is 3. The zero-order valence-corrected chi connectivity index (χ0v) is 8.91. The van der Waals surface area contributed by atoms with Gasteiger partial charge in [-0.25, -0.2) is 4.79 Å². The molecule has 0 aromatic rings. The van der Waals surface area contributed by atoms with Crippen molar-refractivity contribution in [2.45, 2.75) is 38.3 Å². The van der Waals surface area contributed by atoms with E-state index in [1.54, 1.807) is 6.92 Å². The second-order valence-corrected chi connectivity index (χ2v) is 3.49. The Morgan fingerprint density at radius 3 is 2.53 bits per heavy atom. The highest BCUT2D eigenvalue weighted by atomic mass is 16.4. The Morgan fingerprint density at radius 1 is 1.67 bits per heavy atom. The fourth-order valence-corrected chi connectivity index (χ4v) is 0.877. The molecule has 15 heavy (non-hydrogen) atoms. The second-order valence-electron chi connectivity index (χ2n) is 3.49. The van der Waals surface area contributed by atoms with Crippen LogP contribution in [0, 0.1) is 12.3 Å². The number of rotatable bonds is 5. The summed E-state index contributed by atoms with van der Waals surface area (Å²) in [7, 11) is 0. The van der Waals surface area contributed by atoms with Crippen molar-refractivity contribution in [1.82, 2.24) is 5.32 Å². The summed E-state index contributed by atoms with van der Waals surface area (Å²) in [5.74, 6) is 0.615. The summed E-state index contributed by atoms with van der Waals surface area (Å²) >= 11 is 0. The first-order chi connectivity index (χ1) is 6.87. The predicted octanol–water partition coefficient (Wildman–Crippen LogP) is -0.293. The lowest BCUT2D eigenvalue weighted by atomic mass is 9.98. The van der Waals surface area contributed by atoms with Crippen LogP contribution in [0.5, 0.6) is 0 Å². The Labute approximate surface area is 89.0 Å². The maximum Gasteiger partial charge on any atom is 0.329 e. The van der Waals surface area contributed by atoms with Gasteiger partial charge in [-0.05, 0) is 13.3 Å². The SMILES string of the molecule is C#CCC(N)C(=O)NC(C)(CC)C(=O)O. The van der Waals surface area contributed by atoms with Crippen LogP contribution in [0.2, 0.25) is 0 Å². The van der Waals surface area contributed by atoms with E-state index in [0.717, 1.165) is 0 Å². The minimum absolute atomic E-state index is 0.0885. The summed E-state index contributed by atoms with van der Waals surface area (Å²) in [6.07, 6.45) is 5.36. The summed E-state index contributed by atoms with van der Waals surface area (Å²) in [6.45, 7) is 3.09.